The molecule has 0 bridgehead atoms. The van der Waals surface area contributed by atoms with Crippen molar-refractivity contribution in [3.63, 3.8) is 0 Å². The van der Waals surface area contributed by atoms with Crippen LogP contribution in [0.1, 0.15) is 39.7 Å². The third-order valence-corrected chi connectivity index (χ3v) is 3.19. The van der Waals surface area contributed by atoms with Gasteiger partial charge in [0.2, 0.25) is 0 Å². The van der Waals surface area contributed by atoms with Crippen LogP contribution < -0.4 is 5.32 Å². The Balaban J connectivity index is 2.42. The fourth-order valence-corrected chi connectivity index (χ4v) is 2.26. The zero-order chi connectivity index (χ0) is 12.7. The Bertz CT molecular complexity index is 290. The molecule has 0 aliphatic rings. The quantitative estimate of drug-likeness (QED) is 0.805. The first-order valence-electron chi connectivity index (χ1n) is 6.39. The number of hydrogen-bond acceptors (Lipinski definition) is 3. The molecule has 0 fully saturated rings. The standard InChI is InChI=1S/C14H25NOS/c1-5-7-15-13(10-16-14(2,3)4)9-12-6-8-17-11-12/h6,8,11,13,15H,5,7,9-10H2,1-4H3. The number of nitrogens with one attached hydrogen (secondary N) is 1. The second kappa shape index (κ2) is 7.14. The van der Waals surface area contributed by atoms with Crippen LogP contribution in [0.3, 0.4) is 0 Å². The van der Waals surface area contributed by atoms with Crippen LogP contribution in [0.25, 0.3) is 0 Å². The summed E-state index contributed by atoms with van der Waals surface area (Å²) in [7, 11) is 0. The Hall–Kier alpha value is -0.380. The molecule has 3 heteroatoms. The van der Waals surface area contributed by atoms with E-state index in [0.717, 1.165) is 26.0 Å². The van der Waals surface area contributed by atoms with E-state index in [-0.39, 0.29) is 5.60 Å². The van der Waals surface area contributed by atoms with E-state index in [2.05, 4.69) is 49.8 Å². The van der Waals surface area contributed by atoms with Crippen molar-refractivity contribution in [2.75, 3.05) is 13.2 Å². The van der Waals surface area contributed by atoms with E-state index >= 15 is 0 Å². The average Bonchev–Trinajstić information content (AvgIpc) is 2.73. The summed E-state index contributed by atoms with van der Waals surface area (Å²) in [6, 6.07) is 2.62. The Kier molecular flexibility index (Phi) is 6.17. The molecule has 1 aromatic rings. The molecular weight excluding hydrogens is 230 g/mol. The summed E-state index contributed by atoms with van der Waals surface area (Å²) in [6.07, 6.45) is 2.22. The molecule has 1 aromatic heterocycles. The lowest BCUT2D eigenvalue weighted by atomic mass is 10.1. The van der Waals surface area contributed by atoms with E-state index in [9.17, 15) is 0 Å². The normalized spacial score (nSPS) is 13.9. The number of rotatable bonds is 7. The summed E-state index contributed by atoms with van der Waals surface area (Å²) in [4.78, 5) is 0. The molecule has 1 unspecified atom stereocenters. The van der Waals surface area contributed by atoms with E-state index < -0.39 is 0 Å². The van der Waals surface area contributed by atoms with Crippen molar-refractivity contribution in [2.24, 2.45) is 0 Å². The highest BCUT2D eigenvalue weighted by Gasteiger charge is 2.15. The molecule has 0 saturated carbocycles. The van der Waals surface area contributed by atoms with Crippen molar-refractivity contribution in [1.29, 1.82) is 0 Å². The molecule has 0 aliphatic heterocycles. The summed E-state index contributed by atoms with van der Waals surface area (Å²) in [5.74, 6) is 0. The molecule has 2 nitrogen and oxygen atoms in total. The molecule has 0 aliphatic carbocycles. The maximum Gasteiger partial charge on any atom is 0.0629 e. The molecule has 0 spiro atoms. The van der Waals surface area contributed by atoms with Gasteiger partial charge >= 0.3 is 0 Å². The van der Waals surface area contributed by atoms with Gasteiger partial charge in [-0.2, -0.15) is 11.3 Å². The molecule has 98 valence electrons. The number of hydrogen-bond donors (Lipinski definition) is 1. The monoisotopic (exact) mass is 255 g/mol. The lowest BCUT2D eigenvalue weighted by Crippen LogP contribution is -2.38. The molecule has 0 aromatic carbocycles. The SMILES string of the molecule is CCCNC(COC(C)(C)C)Cc1ccsc1. The maximum absolute atomic E-state index is 5.88. The molecule has 0 saturated heterocycles. The van der Waals surface area contributed by atoms with Crippen LogP contribution in [-0.2, 0) is 11.2 Å². The summed E-state index contributed by atoms with van der Waals surface area (Å²) < 4.78 is 5.88. The van der Waals surface area contributed by atoms with Gasteiger partial charge < -0.3 is 10.1 Å². The largest absolute Gasteiger partial charge is 0.374 e. The van der Waals surface area contributed by atoms with E-state index in [0.29, 0.717) is 6.04 Å². The van der Waals surface area contributed by atoms with Gasteiger partial charge in [0, 0.05) is 6.04 Å². The second-order valence-corrected chi connectivity index (χ2v) is 6.19. The van der Waals surface area contributed by atoms with Crippen LogP contribution >= 0.6 is 11.3 Å². The first-order chi connectivity index (χ1) is 8.01. The molecule has 1 heterocycles. The van der Waals surface area contributed by atoms with Crippen LogP contribution in [-0.4, -0.2) is 24.8 Å². The number of ether oxygens (including phenoxy) is 1. The summed E-state index contributed by atoms with van der Waals surface area (Å²) >= 11 is 1.76. The van der Waals surface area contributed by atoms with Gasteiger partial charge in [0.1, 0.15) is 0 Å². The minimum absolute atomic E-state index is 0.0548. The highest BCUT2D eigenvalue weighted by Crippen LogP contribution is 2.12. The lowest BCUT2D eigenvalue weighted by molar-refractivity contribution is -0.0143. The van der Waals surface area contributed by atoms with Gasteiger partial charge in [-0.3, -0.25) is 0 Å². The van der Waals surface area contributed by atoms with E-state index in [1.165, 1.54) is 5.56 Å². The van der Waals surface area contributed by atoms with Gasteiger partial charge in [0.05, 0.1) is 12.2 Å². The van der Waals surface area contributed by atoms with Crippen LogP contribution in [0, 0.1) is 0 Å². The van der Waals surface area contributed by atoms with Gasteiger partial charge in [-0.15, -0.1) is 0 Å². The predicted octanol–water partition coefficient (Wildman–Crippen LogP) is 3.47. The fourth-order valence-electron chi connectivity index (χ4n) is 1.58. The van der Waals surface area contributed by atoms with Crippen molar-refractivity contribution in [1.82, 2.24) is 5.32 Å². The van der Waals surface area contributed by atoms with E-state index in [1.54, 1.807) is 11.3 Å². The smallest absolute Gasteiger partial charge is 0.0629 e. The third kappa shape index (κ3) is 6.81. The van der Waals surface area contributed by atoms with Crippen LogP contribution in [0.4, 0.5) is 0 Å². The number of thiophene rings is 1. The van der Waals surface area contributed by atoms with Gasteiger partial charge in [-0.05, 0) is 62.5 Å². The van der Waals surface area contributed by atoms with Crippen LogP contribution in [0.15, 0.2) is 16.8 Å². The van der Waals surface area contributed by atoms with Crippen molar-refractivity contribution in [3.05, 3.63) is 22.4 Å². The van der Waals surface area contributed by atoms with Crippen molar-refractivity contribution >= 4 is 11.3 Å². The van der Waals surface area contributed by atoms with Gasteiger partial charge in [0.15, 0.2) is 0 Å². The molecule has 1 rings (SSSR count). The van der Waals surface area contributed by atoms with Crippen LogP contribution in [0.5, 0.6) is 0 Å². The molecule has 0 radical (unpaired) electrons. The van der Waals surface area contributed by atoms with Gasteiger partial charge in [0.25, 0.3) is 0 Å². The lowest BCUT2D eigenvalue weighted by Gasteiger charge is -2.25. The zero-order valence-corrected chi connectivity index (χ0v) is 12.3. The molecule has 1 N–H and O–H groups in total. The van der Waals surface area contributed by atoms with Crippen LogP contribution in [0.2, 0.25) is 0 Å². The molecule has 1 atom stereocenters. The summed E-state index contributed by atoms with van der Waals surface area (Å²) in [6.45, 7) is 10.3. The van der Waals surface area contributed by atoms with E-state index in [1.807, 2.05) is 0 Å². The van der Waals surface area contributed by atoms with E-state index in [4.69, 9.17) is 4.74 Å². The van der Waals surface area contributed by atoms with Gasteiger partial charge in [-0.25, -0.2) is 0 Å². The summed E-state index contributed by atoms with van der Waals surface area (Å²) in [5, 5.41) is 7.92. The topological polar surface area (TPSA) is 21.3 Å². The predicted molar refractivity (Wildman–Crippen MR) is 75.8 cm³/mol. The fraction of sp³-hybridized carbons (Fsp3) is 0.714. The Labute approximate surface area is 109 Å². The minimum Gasteiger partial charge on any atom is -0.374 e. The Morgan fingerprint density at radius 2 is 2.18 bits per heavy atom. The average molecular weight is 255 g/mol. The van der Waals surface area contributed by atoms with Crippen molar-refractivity contribution < 1.29 is 4.74 Å². The minimum atomic E-state index is -0.0548. The zero-order valence-electron chi connectivity index (χ0n) is 11.5. The van der Waals surface area contributed by atoms with Crippen molar-refractivity contribution in [3.8, 4) is 0 Å². The Morgan fingerprint density at radius 3 is 2.71 bits per heavy atom. The molecule has 17 heavy (non-hydrogen) atoms. The highest BCUT2D eigenvalue weighted by molar-refractivity contribution is 7.07. The first kappa shape index (κ1) is 14.7. The Morgan fingerprint density at radius 1 is 1.41 bits per heavy atom. The summed E-state index contributed by atoms with van der Waals surface area (Å²) in [5.41, 5.74) is 1.35. The van der Waals surface area contributed by atoms with Gasteiger partial charge in [-0.1, -0.05) is 6.92 Å². The first-order valence-corrected chi connectivity index (χ1v) is 7.34. The van der Waals surface area contributed by atoms with Crippen molar-refractivity contribution in [2.45, 2.75) is 52.2 Å². The highest BCUT2D eigenvalue weighted by atomic mass is 32.1. The third-order valence-electron chi connectivity index (χ3n) is 2.46. The maximum atomic E-state index is 5.88. The second-order valence-electron chi connectivity index (χ2n) is 5.41. The molecule has 0 amide bonds. The molecular formula is C14H25NOS.